The van der Waals surface area contributed by atoms with Gasteiger partial charge in [0, 0.05) is 23.9 Å². The summed E-state index contributed by atoms with van der Waals surface area (Å²) in [5.74, 6) is 0.703. The highest BCUT2D eigenvalue weighted by atomic mass is 16.6. The monoisotopic (exact) mass is 282 g/mol. The predicted molar refractivity (Wildman–Crippen MR) is 83.6 cm³/mol. The van der Waals surface area contributed by atoms with Gasteiger partial charge in [-0.1, -0.05) is 30.3 Å². The van der Waals surface area contributed by atoms with Crippen LogP contribution in [-0.2, 0) is 6.54 Å². The van der Waals surface area contributed by atoms with Crippen LogP contribution in [-0.4, -0.2) is 4.92 Å². The molecule has 108 valence electrons. The summed E-state index contributed by atoms with van der Waals surface area (Å²) >= 11 is 0. The molecular weight excluding hydrogens is 264 g/mol. The number of anilines is 1. The van der Waals surface area contributed by atoms with Gasteiger partial charge in [-0.25, -0.2) is 0 Å². The van der Waals surface area contributed by atoms with E-state index in [0.717, 1.165) is 5.69 Å². The molecule has 0 amide bonds. The first-order valence-corrected chi connectivity index (χ1v) is 7.22. The maximum atomic E-state index is 11.0. The zero-order chi connectivity index (χ0) is 14.8. The van der Waals surface area contributed by atoms with Crippen molar-refractivity contribution in [2.75, 3.05) is 5.32 Å². The van der Waals surface area contributed by atoms with Crippen molar-refractivity contribution in [3.8, 4) is 0 Å². The fraction of sp³-hybridized carbons (Fsp3) is 0.294. The molecule has 0 bridgehead atoms. The van der Waals surface area contributed by atoms with Crippen molar-refractivity contribution in [1.29, 1.82) is 0 Å². The first-order valence-electron chi connectivity index (χ1n) is 7.22. The molecule has 1 aliphatic rings. The number of nitro groups is 1. The first-order chi connectivity index (χ1) is 10.2. The Bertz CT molecular complexity index is 678. The molecule has 0 aromatic heterocycles. The van der Waals surface area contributed by atoms with Gasteiger partial charge in [0.25, 0.3) is 5.69 Å². The Kier molecular flexibility index (Phi) is 3.60. The summed E-state index contributed by atoms with van der Waals surface area (Å²) in [6.45, 7) is 2.49. The van der Waals surface area contributed by atoms with Crippen LogP contribution >= 0.6 is 0 Å². The van der Waals surface area contributed by atoms with E-state index in [1.807, 2.05) is 12.1 Å². The SMILES string of the molecule is Cc1c(NCc2ccccc2C2CC2)cccc1[N+](=O)[O-]. The molecule has 0 atom stereocenters. The molecule has 2 aromatic carbocycles. The Morgan fingerprint density at radius 2 is 1.95 bits per heavy atom. The molecule has 4 nitrogen and oxygen atoms in total. The third-order valence-electron chi connectivity index (χ3n) is 4.04. The van der Waals surface area contributed by atoms with Crippen LogP contribution in [0.5, 0.6) is 0 Å². The molecule has 1 saturated carbocycles. The second-order valence-electron chi connectivity index (χ2n) is 5.53. The Morgan fingerprint density at radius 3 is 2.67 bits per heavy atom. The fourth-order valence-corrected chi connectivity index (χ4v) is 2.69. The lowest BCUT2D eigenvalue weighted by molar-refractivity contribution is -0.385. The lowest BCUT2D eigenvalue weighted by Gasteiger charge is -2.12. The van der Waals surface area contributed by atoms with Crippen LogP contribution in [0.15, 0.2) is 42.5 Å². The van der Waals surface area contributed by atoms with E-state index in [1.165, 1.54) is 24.0 Å². The highest BCUT2D eigenvalue weighted by molar-refractivity contribution is 5.60. The van der Waals surface area contributed by atoms with E-state index in [1.54, 1.807) is 19.1 Å². The second kappa shape index (κ2) is 5.56. The van der Waals surface area contributed by atoms with Gasteiger partial charge in [0.1, 0.15) is 0 Å². The van der Waals surface area contributed by atoms with Crippen molar-refractivity contribution in [3.63, 3.8) is 0 Å². The zero-order valence-electron chi connectivity index (χ0n) is 12.0. The lowest BCUT2D eigenvalue weighted by Crippen LogP contribution is -2.04. The molecule has 0 spiro atoms. The summed E-state index contributed by atoms with van der Waals surface area (Å²) in [7, 11) is 0. The zero-order valence-corrected chi connectivity index (χ0v) is 12.0. The van der Waals surface area contributed by atoms with Gasteiger partial charge in [-0.05, 0) is 42.9 Å². The van der Waals surface area contributed by atoms with E-state index < -0.39 is 0 Å². The summed E-state index contributed by atoms with van der Waals surface area (Å²) in [6, 6.07) is 13.6. The smallest absolute Gasteiger partial charge is 0.274 e. The fourth-order valence-electron chi connectivity index (χ4n) is 2.69. The highest BCUT2D eigenvalue weighted by Crippen LogP contribution is 2.41. The van der Waals surface area contributed by atoms with E-state index in [-0.39, 0.29) is 10.6 Å². The molecule has 0 aliphatic heterocycles. The van der Waals surface area contributed by atoms with Gasteiger partial charge >= 0.3 is 0 Å². The molecule has 1 aliphatic carbocycles. The number of benzene rings is 2. The van der Waals surface area contributed by atoms with Gasteiger partial charge < -0.3 is 5.32 Å². The Labute approximate surface area is 124 Å². The van der Waals surface area contributed by atoms with Crippen molar-refractivity contribution >= 4 is 11.4 Å². The van der Waals surface area contributed by atoms with Gasteiger partial charge in [0.05, 0.1) is 4.92 Å². The minimum Gasteiger partial charge on any atom is -0.381 e. The molecule has 3 rings (SSSR count). The maximum Gasteiger partial charge on any atom is 0.274 e. The van der Waals surface area contributed by atoms with Gasteiger partial charge in [-0.15, -0.1) is 0 Å². The van der Waals surface area contributed by atoms with Crippen molar-refractivity contribution in [3.05, 3.63) is 69.3 Å². The largest absolute Gasteiger partial charge is 0.381 e. The third kappa shape index (κ3) is 2.89. The normalized spacial score (nSPS) is 14.0. The molecule has 0 heterocycles. The van der Waals surface area contributed by atoms with Gasteiger partial charge in [0.2, 0.25) is 0 Å². The molecule has 21 heavy (non-hydrogen) atoms. The lowest BCUT2D eigenvalue weighted by atomic mass is 10.0. The number of rotatable bonds is 5. The summed E-state index contributed by atoms with van der Waals surface area (Å²) in [6.07, 6.45) is 2.54. The molecule has 0 unspecified atom stereocenters. The van der Waals surface area contributed by atoms with E-state index in [9.17, 15) is 10.1 Å². The number of hydrogen-bond donors (Lipinski definition) is 1. The molecule has 1 N–H and O–H groups in total. The molecule has 2 aromatic rings. The van der Waals surface area contributed by atoms with E-state index in [0.29, 0.717) is 18.0 Å². The van der Waals surface area contributed by atoms with Gasteiger partial charge in [-0.2, -0.15) is 0 Å². The summed E-state index contributed by atoms with van der Waals surface area (Å²) in [5.41, 5.74) is 4.37. The number of nitrogens with one attached hydrogen (secondary N) is 1. The standard InChI is InChI=1S/C17H18N2O2/c1-12-16(7-4-8-17(12)19(20)21)18-11-14-5-2-3-6-15(14)13-9-10-13/h2-8,13,18H,9-11H2,1H3. The average Bonchev–Trinajstić information content (AvgIpc) is 3.31. The molecule has 4 heteroatoms. The van der Waals surface area contributed by atoms with Crippen LogP contribution in [0.4, 0.5) is 11.4 Å². The van der Waals surface area contributed by atoms with Crippen LogP contribution in [0.1, 0.15) is 35.4 Å². The molecular formula is C17H18N2O2. The minimum absolute atomic E-state index is 0.162. The highest BCUT2D eigenvalue weighted by Gasteiger charge is 2.25. The molecule has 0 saturated heterocycles. The van der Waals surface area contributed by atoms with E-state index in [2.05, 4.69) is 23.5 Å². The van der Waals surface area contributed by atoms with Crippen LogP contribution in [0.3, 0.4) is 0 Å². The number of hydrogen-bond acceptors (Lipinski definition) is 3. The minimum atomic E-state index is -0.335. The quantitative estimate of drug-likeness (QED) is 0.653. The van der Waals surface area contributed by atoms with Crippen LogP contribution in [0, 0.1) is 17.0 Å². The number of nitrogens with zero attached hydrogens (tertiary/aromatic N) is 1. The van der Waals surface area contributed by atoms with E-state index in [4.69, 9.17) is 0 Å². The third-order valence-corrected chi connectivity index (χ3v) is 4.04. The van der Waals surface area contributed by atoms with Crippen molar-refractivity contribution in [2.24, 2.45) is 0 Å². The van der Waals surface area contributed by atoms with Crippen LogP contribution < -0.4 is 5.32 Å². The summed E-state index contributed by atoms with van der Waals surface area (Å²) in [4.78, 5) is 10.6. The Balaban J connectivity index is 1.79. The molecule has 0 radical (unpaired) electrons. The Hall–Kier alpha value is -2.36. The van der Waals surface area contributed by atoms with Crippen molar-refractivity contribution in [1.82, 2.24) is 0 Å². The van der Waals surface area contributed by atoms with Crippen LogP contribution in [0.2, 0.25) is 0 Å². The number of nitro benzene ring substituents is 1. The maximum absolute atomic E-state index is 11.0. The Morgan fingerprint density at radius 1 is 1.19 bits per heavy atom. The van der Waals surface area contributed by atoms with Crippen molar-refractivity contribution < 1.29 is 4.92 Å². The summed E-state index contributed by atoms with van der Waals surface area (Å²) < 4.78 is 0. The predicted octanol–water partition coefficient (Wildman–Crippen LogP) is 4.39. The molecule has 1 fully saturated rings. The topological polar surface area (TPSA) is 55.2 Å². The van der Waals surface area contributed by atoms with E-state index >= 15 is 0 Å². The average molecular weight is 282 g/mol. The second-order valence-corrected chi connectivity index (χ2v) is 5.53. The summed E-state index contributed by atoms with van der Waals surface area (Å²) in [5, 5.41) is 14.3. The van der Waals surface area contributed by atoms with Crippen LogP contribution in [0.25, 0.3) is 0 Å². The van der Waals surface area contributed by atoms with Gasteiger partial charge in [0.15, 0.2) is 0 Å². The van der Waals surface area contributed by atoms with Crippen molar-refractivity contribution in [2.45, 2.75) is 32.2 Å². The van der Waals surface area contributed by atoms with Gasteiger partial charge in [-0.3, -0.25) is 10.1 Å². The first kappa shape index (κ1) is 13.6.